The Morgan fingerprint density at radius 1 is 1.00 bits per heavy atom. The van der Waals surface area contributed by atoms with Crippen molar-refractivity contribution < 1.29 is 9.84 Å². The molecule has 0 heterocycles. The van der Waals surface area contributed by atoms with Gasteiger partial charge < -0.3 is 9.84 Å². The first-order chi connectivity index (χ1) is 10.6. The summed E-state index contributed by atoms with van der Waals surface area (Å²) in [6.07, 6.45) is -0.632. The van der Waals surface area contributed by atoms with Crippen LogP contribution < -0.4 is 0 Å². The fraction of sp³-hybridized carbons (Fsp3) is 0.300. The van der Waals surface area contributed by atoms with Crippen LogP contribution in [0.2, 0.25) is 0 Å². The number of ether oxygens (including phenoxy) is 1. The van der Waals surface area contributed by atoms with Gasteiger partial charge in [0, 0.05) is 5.56 Å². The van der Waals surface area contributed by atoms with Crippen molar-refractivity contribution in [2.24, 2.45) is 5.41 Å². The van der Waals surface area contributed by atoms with Gasteiger partial charge in [0.05, 0.1) is 24.7 Å². The fourth-order valence-corrected chi connectivity index (χ4v) is 1.91. The molecule has 0 aromatic heterocycles. The zero-order chi connectivity index (χ0) is 15.8. The molecule has 0 saturated carbocycles. The van der Waals surface area contributed by atoms with E-state index in [9.17, 15) is 5.11 Å². The lowest BCUT2D eigenvalue weighted by atomic mass is 9.87. The predicted octanol–water partition coefficient (Wildman–Crippen LogP) is 3.64. The number of hydrogen-bond donors (Lipinski definition) is 1. The molecular weight excluding hydrogens is 272 g/mol. The summed E-state index contributed by atoms with van der Waals surface area (Å²) in [6, 6.07) is 19.7. The van der Waals surface area contributed by atoms with Gasteiger partial charge >= 0.3 is 0 Å². The summed E-state index contributed by atoms with van der Waals surface area (Å²) in [4.78, 5) is 0. The van der Waals surface area contributed by atoms with Crippen LogP contribution in [0.5, 0.6) is 0 Å². The molecule has 0 saturated heterocycles. The second-order valence-electron chi connectivity index (χ2n) is 5.85. The van der Waals surface area contributed by atoms with Crippen molar-refractivity contribution in [2.75, 3.05) is 6.61 Å². The Kier molecular flexibility index (Phi) is 5.77. The van der Waals surface area contributed by atoms with Crippen LogP contribution in [0.1, 0.15) is 25.0 Å². The molecule has 0 fully saturated rings. The minimum atomic E-state index is -0.632. The normalized spacial score (nSPS) is 12.3. The van der Waals surface area contributed by atoms with E-state index >= 15 is 0 Å². The van der Waals surface area contributed by atoms with Crippen LogP contribution >= 0.6 is 0 Å². The SMILES string of the molecule is CC(C)(C#Cc1ccccc1)C(O)COCc1ccccc1. The van der Waals surface area contributed by atoms with Gasteiger partial charge in [-0.2, -0.15) is 0 Å². The molecule has 114 valence electrons. The van der Waals surface area contributed by atoms with Crippen LogP contribution in [-0.2, 0) is 11.3 Å². The van der Waals surface area contributed by atoms with E-state index in [2.05, 4.69) is 11.8 Å². The molecule has 2 nitrogen and oxygen atoms in total. The second-order valence-corrected chi connectivity index (χ2v) is 5.85. The maximum absolute atomic E-state index is 10.3. The molecule has 1 atom stereocenters. The molecule has 0 aliphatic heterocycles. The highest BCUT2D eigenvalue weighted by Gasteiger charge is 2.25. The highest BCUT2D eigenvalue weighted by atomic mass is 16.5. The summed E-state index contributed by atoms with van der Waals surface area (Å²) in [5.74, 6) is 6.25. The van der Waals surface area contributed by atoms with Crippen molar-refractivity contribution in [2.45, 2.75) is 26.6 Å². The first-order valence-electron chi connectivity index (χ1n) is 7.46. The lowest BCUT2D eigenvalue weighted by Crippen LogP contribution is -2.32. The second kappa shape index (κ2) is 7.79. The zero-order valence-corrected chi connectivity index (χ0v) is 13.1. The Bertz CT molecular complexity index is 621. The molecule has 0 radical (unpaired) electrons. The van der Waals surface area contributed by atoms with Gasteiger partial charge in [0.1, 0.15) is 0 Å². The molecule has 1 unspecified atom stereocenters. The lowest BCUT2D eigenvalue weighted by molar-refractivity contribution is -0.0129. The van der Waals surface area contributed by atoms with E-state index in [1.165, 1.54) is 0 Å². The van der Waals surface area contributed by atoms with Crippen LogP contribution in [0.3, 0.4) is 0 Å². The molecule has 0 spiro atoms. The minimum absolute atomic E-state index is 0.269. The highest BCUT2D eigenvalue weighted by molar-refractivity contribution is 5.35. The van der Waals surface area contributed by atoms with Crippen LogP contribution in [0.25, 0.3) is 0 Å². The largest absolute Gasteiger partial charge is 0.389 e. The smallest absolute Gasteiger partial charge is 0.0933 e. The maximum Gasteiger partial charge on any atom is 0.0933 e. The molecule has 0 aliphatic rings. The van der Waals surface area contributed by atoms with Crippen LogP contribution in [-0.4, -0.2) is 17.8 Å². The predicted molar refractivity (Wildman–Crippen MR) is 89.2 cm³/mol. The summed E-state index contributed by atoms with van der Waals surface area (Å²) >= 11 is 0. The van der Waals surface area contributed by atoms with Crippen molar-refractivity contribution in [3.05, 3.63) is 71.8 Å². The maximum atomic E-state index is 10.3. The summed E-state index contributed by atoms with van der Waals surface area (Å²) < 4.78 is 5.60. The van der Waals surface area contributed by atoms with E-state index < -0.39 is 11.5 Å². The molecule has 0 aliphatic carbocycles. The van der Waals surface area contributed by atoms with Crippen LogP contribution in [0, 0.1) is 17.3 Å². The van der Waals surface area contributed by atoms with E-state index in [4.69, 9.17) is 4.74 Å². The number of rotatable bonds is 5. The molecule has 0 bridgehead atoms. The third kappa shape index (κ3) is 5.04. The standard InChI is InChI=1S/C20H22O2/c1-20(2,14-13-17-9-5-3-6-10-17)19(21)16-22-15-18-11-7-4-8-12-18/h3-12,19,21H,15-16H2,1-2H3. The Hall–Kier alpha value is -2.08. The fourth-order valence-electron chi connectivity index (χ4n) is 1.91. The number of aliphatic hydroxyl groups is 1. The van der Waals surface area contributed by atoms with E-state index in [-0.39, 0.29) is 6.61 Å². The third-order valence-corrected chi connectivity index (χ3v) is 3.52. The van der Waals surface area contributed by atoms with E-state index in [1.54, 1.807) is 0 Å². The van der Waals surface area contributed by atoms with Gasteiger partial charge in [-0.3, -0.25) is 0 Å². The summed E-state index contributed by atoms with van der Waals surface area (Å²) in [6.45, 7) is 4.63. The van der Waals surface area contributed by atoms with Crippen molar-refractivity contribution in [3.63, 3.8) is 0 Å². The van der Waals surface area contributed by atoms with Crippen LogP contribution in [0.4, 0.5) is 0 Å². The Labute approximate surface area is 132 Å². The van der Waals surface area contributed by atoms with E-state index in [0.717, 1.165) is 11.1 Å². The molecule has 2 rings (SSSR count). The Morgan fingerprint density at radius 3 is 2.23 bits per heavy atom. The summed E-state index contributed by atoms with van der Waals surface area (Å²) in [5.41, 5.74) is 1.53. The summed E-state index contributed by atoms with van der Waals surface area (Å²) in [7, 11) is 0. The molecule has 1 N–H and O–H groups in total. The van der Waals surface area contributed by atoms with E-state index in [0.29, 0.717) is 6.61 Å². The van der Waals surface area contributed by atoms with E-state index in [1.807, 2.05) is 74.5 Å². The van der Waals surface area contributed by atoms with Crippen molar-refractivity contribution in [3.8, 4) is 11.8 Å². The number of benzene rings is 2. The molecule has 2 heteroatoms. The molecular formula is C20H22O2. The van der Waals surface area contributed by atoms with Gasteiger partial charge in [-0.15, -0.1) is 0 Å². The minimum Gasteiger partial charge on any atom is -0.389 e. The highest BCUT2D eigenvalue weighted by Crippen LogP contribution is 2.20. The van der Waals surface area contributed by atoms with Gasteiger partial charge in [-0.1, -0.05) is 60.4 Å². The first kappa shape index (κ1) is 16.3. The topological polar surface area (TPSA) is 29.5 Å². The number of aliphatic hydroxyl groups excluding tert-OH is 1. The Morgan fingerprint density at radius 2 is 1.59 bits per heavy atom. The Balaban J connectivity index is 1.88. The van der Waals surface area contributed by atoms with Gasteiger partial charge in [-0.05, 0) is 31.5 Å². The van der Waals surface area contributed by atoms with Gasteiger partial charge in [0.25, 0.3) is 0 Å². The monoisotopic (exact) mass is 294 g/mol. The first-order valence-corrected chi connectivity index (χ1v) is 7.46. The quantitative estimate of drug-likeness (QED) is 0.853. The van der Waals surface area contributed by atoms with Gasteiger partial charge in [0.15, 0.2) is 0 Å². The van der Waals surface area contributed by atoms with Crippen molar-refractivity contribution in [1.82, 2.24) is 0 Å². The van der Waals surface area contributed by atoms with Crippen molar-refractivity contribution >= 4 is 0 Å². The van der Waals surface area contributed by atoms with Gasteiger partial charge in [-0.25, -0.2) is 0 Å². The van der Waals surface area contributed by atoms with Gasteiger partial charge in [0.2, 0.25) is 0 Å². The average Bonchev–Trinajstić information content (AvgIpc) is 2.55. The average molecular weight is 294 g/mol. The molecule has 2 aromatic carbocycles. The van der Waals surface area contributed by atoms with Crippen LogP contribution in [0.15, 0.2) is 60.7 Å². The molecule has 2 aromatic rings. The van der Waals surface area contributed by atoms with Crippen molar-refractivity contribution in [1.29, 1.82) is 0 Å². The third-order valence-electron chi connectivity index (χ3n) is 3.52. The lowest BCUT2D eigenvalue weighted by Gasteiger charge is -2.24. The molecule has 22 heavy (non-hydrogen) atoms. The number of hydrogen-bond acceptors (Lipinski definition) is 2. The molecule has 0 amide bonds. The summed E-state index contributed by atoms with van der Waals surface area (Å²) in [5, 5.41) is 10.3. The zero-order valence-electron chi connectivity index (χ0n) is 13.1.